The Morgan fingerprint density at radius 3 is 1.73 bits per heavy atom. The topological polar surface area (TPSA) is 102 Å². The number of amides is 2. The number of ketones is 2. The lowest BCUT2D eigenvalue weighted by atomic mass is 10.3. The van der Waals surface area contributed by atoms with Crippen molar-refractivity contribution in [3.05, 3.63) is 0 Å². The van der Waals surface area contributed by atoms with Gasteiger partial charge in [0.2, 0.25) is 11.8 Å². The maximum atomic E-state index is 11.4. The maximum absolute atomic E-state index is 11.4. The lowest BCUT2D eigenvalue weighted by molar-refractivity contribution is -0.124. The van der Waals surface area contributed by atoms with Crippen LogP contribution in [0.4, 0.5) is 0 Å². The third kappa shape index (κ3) is 14.6. The van der Waals surface area contributed by atoms with Crippen LogP contribution in [0.2, 0.25) is 0 Å². The lowest BCUT2D eigenvalue weighted by Gasteiger charge is -2.06. The summed E-state index contributed by atoms with van der Waals surface area (Å²) in [7, 11) is 0. The second-order valence-corrected chi connectivity index (χ2v) is 5.07. The molecule has 0 aromatic rings. The summed E-state index contributed by atoms with van der Waals surface area (Å²) in [4.78, 5) is 44.1. The molecule has 0 aliphatic rings. The number of hydrogen-bond acceptors (Lipinski definition) is 5. The largest absolute Gasteiger partial charge is 0.381 e. The molecule has 7 nitrogen and oxygen atoms in total. The molecule has 0 bridgehead atoms. The van der Waals surface area contributed by atoms with Gasteiger partial charge in [0.1, 0.15) is 11.6 Å². The normalized spacial score (nSPS) is 10.1. The first-order valence-electron chi connectivity index (χ1n) is 7.52. The molecule has 126 valence electrons. The highest BCUT2D eigenvalue weighted by Crippen LogP contribution is 1.93. The van der Waals surface area contributed by atoms with Crippen LogP contribution in [0.5, 0.6) is 0 Å². The number of nitrogens with one attached hydrogen (secondary N) is 2. The number of hydrogen-bond donors (Lipinski definition) is 2. The molecular weight excluding hydrogens is 288 g/mol. The van der Waals surface area contributed by atoms with E-state index < -0.39 is 0 Å². The van der Waals surface area contributed by atoms with Gasteiger partial charge < -0.3 is 15.4 Å². The van der Waals surface area contributed by atoms with Gasteiger partial charge in [-0.25, -0.2) is 0 Å². The first-order chi connectivity index (χ1) is 10.4. The number of ether oxygens (including phenoxy) is 1. The van der Waals surface area contributed by atoms with Gasteiger partial charge in [-0.05, 0) is 20.3 Å². The summed E-state index contributed by atoms with van der Waals surface area (Å²) in [5.74, 6) is -0.168. The van der Waals surface area contributed by atoms with Crippen molar-refractivity contribution in [1.82, 2.24) is 10.6 Å². The van der Waals surface area contributed by atoms with Crippen molar-refractivity contribution in [3.63, 3.8) is 0 Å². The molecule has 0 aromatic heterocycles. The number of Topliss-reactive ketones (excluding diaryl/α,β-unsaturated/α-hetero) is 2. The Morgan fingerprint density at radius 2 is 1.23 bits per heavy atom. The summed E-state index contributed by atoms with van der Waals surface area (Å²) >= 11 is 0. The van der Waals surface area contributed by atoms with Crippen molar-refractivity contribution < 1.29 is 23.9 Å². The Bertz CT molecular complexity index is 346. The quantitative estimate of drug-likeness (QED) is 0.478. The summed E-state index contributed by atoms with van der Waals surface area (Å²) in [5.41, 5.74) is 0. The van der Waals surface area contributed by atoms with Crippen LogP contribution in [0.25, 0.3) is 0 Å². The maximum Gasteiger partial charge on any atom is 0.222 e. The smallest absolute Gasteiger partial charge is 0.222 e. The van der Waals surface area contributed by atoms with Crippen molar-refractivity contribution in [3.8, 4) is 0 Å². The van der Waals surface area contributed by atoms with Crippen LogP contribution in [0.3, 0.4) is 0 Å². The van der Waals surface area contributed by atoms with E-state index in [1.807, 2.05) is 0 Å². The molecule has 0 aliphatic heterocycles. The number of carbonyl (C=O) groups excluding carboxylic acids is 4. The lowest BCUT2D eigenvalue weighted by Crippen LogP contribution is -2.27. The molecular formula is C15H26N2O5. The van der Waals surface area contributed by atoms with Crippen molar-refractivity contribution >= 4 is 23.4 Å². The van der Waals surface area contributed by atoms with Gasteiger partial charge in [0.15, 0.2) is 0 Å². The van der Waals surface area contributed by atoms with Crippen molar-refractivity contribution in [1.29, 1.82) is 0 Å². The van der Waals surface area contributed by atoms with Gasteiger partial charge in [-0.1, -0.05) is 0 Å². The highest BCUT2D eigenvalue weighted by atomic mass is 16.5. The van der Waals surface area contributed by atoms with Gasteiger partial charge in [0.25, 0.3) is 0 Å². The highest BCUT2D eigenvalue weighted by Gasteiger charge is 2.03. The Hall–Kier alpha value is -1.76. The summed E-state index contributed by atoms with van der Waals surface area (Å²) in [6.45, 7) is 4.38. The van der Waals surface area contributed by atoms with E-state index >= 15 is 0 Å². The molecule has 0 atom stereocenters. The zero-order chi connectivity index (χ0) is 16.8. The van der Waals surface area contributed by atoms with E-state index in [4.69, 9.17) is 4.74 Å². The average molecular weight is 314 g/mol. The van der Waals surface area contributed by atoms with Crippen LogP contribution in [-0.2, 0) is 23.9 Å². The van der Waals surface area contributed by atoms with E-state index in [0.29, 0.717) is 45.4 Å². The molecule has 0 rings (SSSR count). The fraction of sp³-hybridized carbons (Fsp3) is 0.733. The Labute approximate surface area is 131 Å². The number of carbonyl (C=O) groups is 4. The van der Waals surface area contributed by atoms with E-state index in [1.165, 1.54) is 13.8 Å². The predicted molar refractivity (Wildman–Crippen MR) is 81.3 cm³/mol. The molecule has 2 amide bonds. The van der Waals surface area contributed by atoms with Crippen LogP contribution in [0.1, 0.15) is 46.0 Å². The Balaban J connectivity index is 3.38. The van der Waals surface area contributed by atoms with Gasteiger partial charge in [0.05, 0.1) is 6.61 Å². The number of rotatable bonds is 13. The van der Waals surface area contributed by atoms with Gasteiger partial charge in [-0.2, -0.15) is 0 Å². The molecule has 2 N–H and O–H groups in total. The molecule has 7 heteroatoms. The molecule has 0 radical (unpaired) electrons. The van der Waals surface area contributed by atoms with Gasteiger partial charge in [-0.15, -0.1) is 0 Å². The third-order valence-corrected chi connectivity index (χ3v) is 2.76. The van der Waals surface area contributed by atoms with E-state index in [0.717, 1.165) is 0 Å². The van der Waals surface area contributed by atoms with E-state index in [1.54, 1.807) is 0 Å². The Kier molecular flexibility index (Phi) is 11.9. The summed E-state index contributed by atoms with van der Waals surface area (Å²) in [5, 5.41) is 5.27. The van der Waals surface area contributed by atoms with Crippen molar-refractivity contribution in [2.24, 2.45) is 0 Å². The van der Waals surface area contributed by atoms with E-state index in [2.05, 4.69) is 10.6 Å². The SMILES string of the molecule is CC(=O)CCNC(=O)CCCOCCC(=O)NCCC(C)=O. The summed E-state index contributed by atoms with van der Waals surface area (Å²) in [6, 6.07) is 0. The highest BCUT2D eigenvalue weighted by molar-refractivity contribution is 5.79. The monoisotopic (exact) mass is 314 g/mol. The fourth-order valence-corrected chi connectivity index (χ4v) is 1.53. The first-order valence-corrected chi connectivity index (χ1v) is 7.52. The predicted octanol–water partition coefficient (Wildman–Crippen LogP) is 0.364. The molecule has 0 aromatic carbocycles. The zero-order valence-electron chi connectivity index (χ0n) is 13.4. The minimum atomic E-state index is -0.150. The van der Waals surface area contributed by atoms with E-state index in [-0.39, 0.29) is 36.4 Å². The second kappa shape index (κ2) is 12.9. The van der Waals surface area contributed by atoms with Crippen LogP contribution >= 0.6 is 0 Å². The fourth-order valence-electron chi connectivity index (χ4n) is 1.53. The van der Waals surface area contributed by atoms with E-state index in [9.17, 15) is 19.2 Å². The minimum Gasteiger partial charge on any atom is -0.381 e. The van der Waals surface area contributed by atoms with Gasteiger partial charge in [-0.3, -0.25) is 19.2 Å². The molecule has 0 aliphatic carbocycles. The molecule has 0 spiro atoms. The molecule has 0 saturated heterocycles. The molecule has 0 unspecified atom stereocenters. The van der Waals surface area contributed by atoms with Crippen LogP contribution in [0.15, 0.2) is 0 Å². The molecule has 0 saturated carbocycles. The Morgan fingerprint density at radius 1 is 0.727 bits per heavy atom. The van der Waals surface area contributed by atoms with Crippen LogP contribution in [-0.4, -0.2) is 49.7 Å². The first kappa shape index (κ1) is 20.2. The van der Waals surface area contributed by atoms with Gasteiger partial charge in [0, 0.05) is 45.4 Å². The standard InChI is InChI=1S/C15H26N2O5/c1-12(18)5-8-16-14(20)4-3-10-22-11-7-15(21)17-9-6-13(2)19/h3-11H2,1-2H3,(H,16,20)(H,17,21). The zero-order valence-corrected chi connectivity index (χ0v) is 13.4. The average Bonchev–Trinajstić information content (AvgIpc) is 2.41. The van der Waals surface area contributed by atoms with Crippen LogP contribution in [0, 0.1) is 0 Å². The minimum absolute atomic E-state index is 0.0399. The summed E-state index contributed by atoms with van der Waals surface area (Å²) < 4.78 is 5.26. The molecule has 0 fully saturated rings. The van der Waals surface area contributed by atoms with Crippen molar-refractivity contribution in [2.45, 2.75) is 46.0 Å². The van der Waals surface area contributed by atoms with Crippen LogP contribution < -0.4 is 10.6 Å². The van der Waals surface area contributed by atoms with Gasteiger partial charge >= 0.3 is 0 Å². The van der Waals surface area contributed by atoms with Crippen molar-refractivity contribution in [2.75, 3.05) is 26.3 Å². The summed E-state index contributed by atoms with van der Waals surface area (Å²) in [6.07, 6.45) is 1.83. The molecule has 22 heavy (non-hydrogen) atoms. The third-order valence-electron chi connectivity index (χ3n) is 2.76. The molecule has 0 heterocycles. The second-order valence-electron chi connectivity index (χ2n) is 5.07.